The Hall–Kier alpha value is -1.51. The second kappa shape index (κ2) is 4.75. The number of hydrogen-bond acceptors (Lipinski definition) is 3. The van der Waals surface area contributed by atoms with Crippen LogP contribution >= 0.6 is 0 Å². The van der Waals surface area contributed by atoms with E-state index in [2.05, 4.69) is 0 Å². The van der Waals surface area contributed by atoms with Crippen LogP contribution in [0.25, 0.3) is 0 Å². The van der Waals surface area contributed by atoms with E-state index in [0.717, 1.165) is 25.7 Å². The highest BCUT2D eigenvalue weighted by molar-refractivity contribution is 6.13. The zero-order valence-corrected chi connectivity index (χ0v) is 12.0. The fraction of sp³-hybridized carbons (Fsp3) is 0.611. The van der Waals surface area contributed by atoms with Crippen molar-refractivity contribution in [2.75, 3.05) is 0 Å². The van der Waals surface area contributed by atoms with Gasteiger partial charge in [0.1, 0.15) is 11.6 Å². The normalized spacial score (nSPS) is 45.0. The minimum Gasteiger partial charge on any atom is -0.299 e. The zero-order valence-electron chi connectivity index (χ0n) is 12.0. The molecule has 0 saturated heterocycles. The van der Waals surface area contributed by atoms with Crippen LogP contribution < -0.4 is 0 Å². The largest absolute Gasteiger partial charge is 0.299 e. The minimum absolute atomic E-state index is 0.000719. The molecule has 3 fully saturated rings. The summed E-state index contributed by atoms with van der Waals surface area (Å²) in [6.45, 7) is 0. The van der Waals surface area contributed by atoms with Gasteiger partial charge in [-0.2, -0.15) is 0 Å². The van der Waals surface area contributed by atoms with Crippen molar-refractivity contribution in [3.63, 3.8) is 0 Å². The predicted octanol–water partition coefficient (Wildman–Crippen LogP) is 2.51. The SMILES string of the molecule is O=C1C2CCCCC2C(=O)C2C(=O)C3C=CC=CC3CC12. The van der Waals surface area contributed by atoms with Crippen LogP contribution in [0.3, 0.4) is 0 Å². The highest BCUT2D eigenvalue weighted by Gasteiger charge is 2.56. The van der Waals surface area contributed by atoms with Gasteiger partial charge in [-0.1, -0.05) is 37.1 Å². The molecule has 0 bridgehead atoms. The molecule has 3 heteroatoms. The summed E-state index contributed by atoms with van der Waals surface area (Å²) >= 11 is 0. The van der Waals surface area contributed by atoms with E-state index in [1.807, 2.05) is 24.3 Å². The molecule has 0 N–H and O–H groups in total. The number of ketones is 3. The van der Waals surface area contributed by atoms with E-state index in [1.165, 1.54) is 0 Å². The van der Waals surface area contributed by atoms with Crippen molar-refractivity contribution in [3.8, 4) is 0 Å². The Kier molecular flexibility index (Phi) is 2.98. The number of rotatable bonds is 0. The lowest BCUT2D eigenvalue weighted by Crippen LogP contribution is -2.56. The van der Waals surface area contributed by atoms with Gasteiger partial charge in [-0.05, 0) is 25.2 Å². The van der Waals surface area contributed by atoms with Crippen LogP contribution in [0.15, 0.2) is 24.3 Å². The maximum Gasteiger partial charge on any atom is 0.151 e. The van der Waals surface area contributed by atoms with Gasteiger partial charge in [0.05, 0.1) is 5.92 Å². The Morgan fingerprint density at radius 2 is 1.43 bits per heavy atom. The first-order valence-electron chi connectivity index (χ1n) is 8.14. The maximum atomic E-state index is 12.8. The molecule has 0 aromatic heterocycles. The Balaban J connectivity index is 1.71. The van der Waals surface area contributed by atoms with Gasteiger partial charge in [-0.25, -0.2) is 0 Å². The van der Waals surface area contributed by atoms with Crippen molar-refractivity contribution < 1.29 is 14.4 Å². The smallest absolute Gasteiger partial charge is 0.151 e. The lowest BCUT2D eigenvalue weighted by Gasteiger charge is -2.46. The molecule has 0 aliphatic heterocycles. The number of fused-ring (bicyclic) bond motifs is 3. The Morgan fingerprint density at radius 1 is 0.762 bits per heavy atom. The van der Waals surface area contributed by atoms with Gasteiger partial charge >= 0.3 is 0 Å². The molecule has 0 spiro atoms. The number of hydrogen-bond donors (Lipinski definition) is 0. The van der Waals surface area contributed by atoms with Gasteiger partial charge in [0, 0.05) is 23.7 Å². The number of carbonyl (C=O) groups excluding carboxylic acids is 3. The molecule has 4 aliphatic carbocycles. The molecule has 3 nitrogen and oxygen atoms in total. The van der Waals surface area contributed by atoms with E-state index in [9.17, 15) is 14.4 Å². The van der Waals surface area contributed by atoms with E-state index in [0.29, 0.717) is 6.42 Å². The number of Topliss-reactive ketones (excluding diaryl/α,β-unsaturated/α-hetero) is 3. The summed E-state index contributed by atoms with van der Waals surface area (Å²) in [5.41, 5.74) is 0. The molecule has 0 heterocycles. The van der Waals surface area contributed by atoms with Crippen LogP contribution in [0.5, 0.6) is 0 Å². The molecule has 110 valence electrons. The Labute approximate surface area is 124 Å². The van der Waals surface area contributed by atoms with Crippen LogP contribution in [0, 0.1) is 35.5 Å². The fourth-order valence-electron chi connectivity index (χ4n) is 4.96. The third-order valence-electron chi connectivity index (χ3n) is 5.98. The van der Waals surface area contributed by atoms with Crippen molar-refractivity contribution in [2.24, 2.45) is 35.5 Å². The first-order valence-corrected chi connectivity index (χ1v) is 8.14. The van der Waals surface area contributed by atoms with Crippen molar-refractivity contribution in [1.29, 1.82) is 0 Å². The van der Waals surface area contributed by atoms with Crippen LogP contribution in [0.2, 0.25) is 0 Å². The summed E-state index contributed by atoms with van der Waals surface area (Å²) in [4.78, 5) is 38.4. The molecule has 4 aliphatic rings. The Morgan fingerprint density at radius 3 is 2.19 bits per heavy atom. The van der Waals surface area contributed by atoms with E-state index >= 15 is 0 Å². The third kappa shape index (κ3) is 1.82. The molecule has 21 heavy (non-hydrogen) atoms. The average Bonchev–Trinajstić information content (AvgIpc) is 2.52. The molecule has 3 saturated carbocycles. The lowest BCUT2D eigenvalue weighted by molar-refractivity contribution is -0.158. The summed E-state index contributed by atoms with van der Waals surface area (Å²) in [5, 5.41) is 0. The van der Waals surface area contributed by atoms with E-state index < -0.39 is 5.92 Å². The monoisotopic (exact) mass is 284 g/mol. The predicted molar refractivity (Wildman–Crippen MR) is 77.3 cm³/mol. The summed E-state index contributed by atoms with van der Waals surface area (Å²) < 4.78 is 0. The van der Waals surface area contributed by atoms with Gasteiger partial charge in [0.2, 0.25) is 0 Å². The average molecular weight is 284 g/mol. The molecular formula is C18H20O3. The Bertz CT molecular complexity index is 571. The summed E-state index contributed by atoms with van der Waals surface area (Å²) in [7, 11) is 0. The highest BCUT2D eigenvalue weighted by atomic mass is 16.2. The fourth-order valence-corrected chi connectivity index (χ4v) is 4.96. The second-order valence-corrected chi connectivity index (χ2v) is 6.98. The number of allylic oxidation sites excluding steroid dienone is 4. The second-order valence-electron chi connectivity index (χ2n) is 6.98. The van der Waals surface area contributed by atoms with Crippen LogP contribution in [0.1, 0.15) is 32.1 Å². The van der Waals surface area contributed by atoms with Gasteiger partial charge in [-0.15, -0.1) is 0 Å². The molecule has 6 unspecified atom stereocenters. The zero-order chi connectivity index (χ0) is 14.6. The van der Waals surface area contributed by atoms with Crippen molar-refractivity contribution in [1.82, 2.24) is 0 Å². The standard InChI is InChI=1S/C18H20O3/c19-16-12-7-3-4-8-13(12)18(21)15-14(16)9-10-5-1-2-6-11(10)17(15)20/h1-2,5-6,10-15H,3-4,7-9H2. The molecule has 0 aromatic rings. The molecule has 4 rings (SSSR count). The molecule has 0 aromatic carbocycles. The van der Waals surface area contributed by atoms with Crippen LogP contribution in [-0.2, 0) is 14.4 Å². The first-order chi connectivity index (χ1) is 10.2. The quantitative estimate of drug-likeness (QED) is 0.642. The van der Waals surface area contributed by atoms with Crippen LogP contribution in [0.4, 0.5) is 0 Å². The first kappa shape index (κ1) is 13.2. The lowest BCUT2D eigenvalue weighted by atomic mass is 9.54. The van der Waals surface area contributed by atoms with Gasteiger partial charge in [0.25, 0.3) is 0 Å². The van der Waals surface area contributed by atoms with Gasteiger partial charge in [0.15, 0.2) is 5.78 Å². The van der Waals surface area contributed by atoms with E-state index in [1.54, 1.807) is 0 Å². The minimum atomic E-state index is -0.644. The van der Waals surface area contributed by atoms with Crippen LogP contribution in [-0.4, -0.2) is 17.3 Å². The summed E-state index contributed by atoms with van der Waals surface area (Å²) in [6, 6.07) is 0. The maximum absolute atomic E-state index is 12.8. The molecular weight excluding hydrogens is 264 g/mol. The van der Waals surface area contributed by atoms with Crippen molar-refractivity contribution in [2.45, 2.75) is 32.1 Å². The molecule has 6 atom stereocenters. The van der Waals surface area contributed by atoms with Crippen molar-refractivity contribution in [3.05, 3.63) is 24.3 Å². The highest BCUT2D eigenvalue weighted by Crippen LogP contribution is 2.48. The van der Waals surface area contributed by atoms with Crippen molar-refractivity contribution >= 4 is 17.3 Å². The summed E-state index contributed by atoms with van der Waals surface area (Å²) in [5.74, 6) is -1.05. The number of carbonyl (C=O) groups is 3. The van der Waals surface area contributed by atoms with E-state index in [4.69, 9.17) is 0 Å². The van der Waals surface area contributed by atoms with Gasteiger partial charge < -0.3 is 0 Å². The molecule has 0 radical (unpaired) electrons. The topological polar surface area (TPSA) is 51.2 Å². The summed E-state index contributed by atoms with van der Waals surface area (Å²) in [6.07, 6.45) is 12.2. The van der Waals surface area contributed by atoms with Gasteiger partial charge in [-0.3, -0.25) is 14.4 Å². The third-order valence-corrected chi connectivity index (χ3v) is 5.98. The van der Waals surface area contributed by atoms with E-state index in [-0.39, 0.29) is 46.9 Å². The molecule has 0 amide bonds.